The Hall–Kier alpha value is -3.45. The Bertz CT molecular complexity index is 1120. The largest absolute Gasteiger partial charge is 0.480 e. The number of carbonyl (C=O) groups is 2. The molecule has 0 unspecified atom stereocenters. The van der Waals surface area contributed by atoms with Crippen molar-refractivity contribution in [2.75, 3.05) is 17.7 Å². The average Bonchev–Trinajstić information content (AvgIpc) is 2.72. The van der Waals surface area contributed by atoms with E-state index >= 15 is 0 Å². The summed E-state index contributed by atoms with van der Waals surface area (Å²) in [5.41, 5.74) is 2.89. The van der Waals surface area contributed by atoms with Crippen LogP contribution in [-0.4, -0.2) is 38.2 Å². The Morgan fingerprint density at radius 3 is 1.86 bits per heavy atom. The predicted octanol–water partition coefficient (Wildman–Crippen LogP) is 3.49. The summed E-state index contributed by atoms with van der Waals surface area (Å²) in [7, 11) is -2.15. The van der Waals surface area contributed by atoms with Crippen molar-refractivity contribution in [3.05, 3.63) is 84.4 Å². The summed E-state index contributed by atoms with van der Waals surface area (Å²) in [4.78, 5) is 24.9. The number of anilines is 1. The van der Waals surface area contributed by atoms with Crippen LogP contribution in [0.1, 0.15) is 10.4 Å². The van der Waals surface area contributed by atoms with Crippen molar-refractivity contribution < 1.29 is 23.1 Å². The van der Waals surface area contributed by atoms with Crippen molar-refractivity contribution in [2.45, 2.75) is 4.90 Å². The molecule has 0 aromatic heterocycles. The van der Waals surface area contributed by atoms with Gasteiger partial charge in [-0.3, -0.25) is 9.59 Å². The topological polar surface area (TPSA) is 91.8 Å². The second kappa shape index (κ2) is 8.28. The lowest BCUT2D eigenvalue weighted by Gasteiger charge is -2.17. The van der Waals surface area contributed by atoms with Gasteiger partial charge in [-0.2, -0.15) is 0 Å². The Morgan fingerprint density at radius 1 is 0.828 bits per heavy atom. The minimum Gasteiger partial charge on any atom is -0.480 e. The van der Waals surface area contributed by atoms with E-state index in [9.17, 15) is 18.0 Å². The number of carbonyl (C=O) groups excluding carboxylic acids is 1. The summed E-state index contributed by atoms with van der Waals surface area (Å²) in [6.07, 6.45) is 0. The van der Waals surface area contributed by atoms with Crippen molar-refractivity contribution in [3.8, 4) is 11.1 Å². The summed E-state index contributed by atoms with van der Waals surface area (Å²) in [6, 6.07) is 22.3. The summed E-state index contributed by atoms with van der Waals surface area (Å²) in [5.74, 6) is -2.48. The average molecular weight is 409 g/mol. The van der Waals surface area contributed by atoms with Crippen LogP contribution < -0.4 is 4.90 Å². The highest BCUT2D eigenvalue weighted by Crippen LogP contribution is 2.23. The maximum atomic E-state index is 12.6. The van der Waals surface area contributed by atoms with Gasteiger partial charge in [-0.15, -0.1) is 0 Å². The highest BCUT2D eigenvalue weighted by Gasteiger charge is 2.19. The van der Waals surface area contributed by atoms with E-state index in [1.807, 2.05) is 30.3 Å². The molecule has 6 nitrogen and oxygen atoms in total. The minimum atomic E-state index is -3.86. The van der Waals surface area contributed by atoms with Crippen LogP contribution in [0.5, 0.6) is 0 Å². The smallest absolute Gasteiger partial charge is 0.319 e. The number of para-hydroxylation sites is 1. The molecule has 148 valence electrons. The fourth-order valence-corrected chi connectivity index (χ4v) is 3.91. The zero-order valence-electron chi connectivity index (χ0n) is 15.6. The summed E-state index contributed by atoms with van der Waals surface area (Å²) >= 11 is 0. The summed E-state index contributed by atoms with van der Waals surface area (Å²) in [5, 5.41) is 8.72. The van der Waals surface area contributed by atoms with Crippen molar-refractivity contribution in [2.24, 2.45) is 0 Å². The van der Waals surface area contributed by atoms with E-state index in [4.69, 9.17) is 5.11 Å². The van der Waals surface area contributed by atoms with E-state index in [-0.39, 0.29) is 10.8 Å². The van der Waals surface area contributed by atoms with Gasteiger partial charge in [0, 0.05) is 18.3 Å². The number of amides is 1. The number of sulfone groups is 1. The van der Waals surface area contributed by atoms with Crippen LogP contribution >= 0.6 is 0 Å². The molecule has 0 spiro atoms. The molecule has 0 radical (unpaired) electrons. The zero-order chi connectivity index (χ0) is 21.0. The molecule has 3 aromatic carbocycles. The molecule has 29 heavy (non-hydrogen) atoms. The first-order valence-electron chi connectivity index (χ1n) is 8.76. The first-order valence-corrected chi connectivity index (χ1v) is 10.4. The number of aliphatic carboxylic acids is 1. The molecule has 0 bridgehead atoms. The molecular weight excluding hydrogens is 390 g/mol. The fourth-order valence-electron chi connectivity index (χ4n) is 2.87. The quantitative estimate of drug-likeness (QED) is 0.673. The first kappa shape index (κ1) is 20.3. The third-order valence-electron chi connectivity index (χ3n) is 4.44. The van der Waals surface area contributed by atoms with Crippen molar-refractivity contribution in [3.63, 3.8) is 0 Å². The van der Waals surface area contributed by atoms with Gasteiger partial charge in [-0.1, -0.05) is 42.5 Å². The van der Waals surface area contributed by atoms with Gasteiger partial charge in [0.2, 0.25) is 0 Å². The van der Waals surface area contributed by atoms with Crippen LogP contribution in [0.25, 0.3) is 11.1 Å². The Kier molecular flexibility index (Phi) is 5.79. The molecule has 0 atom stereocenters. The Balaban J connectivity index is 1.78. The molecule has 3 aromatic rings. The number of nitrogens with zero attached hydrogens (tertiary/aromatic N) is 1. The lowest BCUT2D eigenvalue weighted by molar-refractivity contribution is -0.134. The Morgan fingerprint density at radius 2 is 1.34 bits per heavy atom. The van der Waals surface area contributed by atoms with Crippen LogP contribution in [0.4, 0.5) is 5.69 Å². The van der Waals surface area contributed by atoms with Gasteiger partial charge >= 0.3 is 5.97 Å². The minimum absolute atomic E-state index is 0.0417. The number of carboxylic acid groups (broad SMARTS) is 1. The van der Waals surface area contributed by atoms with E-state index in [2.05, 4.69) is 0 Å². The standard InChI is InChI=1S/C22H19NO5S/c1-23(19-5-3-2-4-6-19)22(26)18-9-7-16(8-10-18)17-11-13-20(14-12-17)29(27,28)15-21(24)25/h2-14H,15H2,1H3,(H,24,25). The fraction of sp³-hybridized carbons (Fsp3) is 0.0909. The highest BCUT2D eigenvalue weighted by molar-refractivity contribution is 7.92. The van der Waals surface area contributed by atoms with Crippen LogP contribution in [0.2, 0.25) is 0 Å². The molecule has 0 saturated carbocycles. The molecule has 0 fully saturated rings. The van der Waals surface area contributed by atoms with Crippen LogP contribution in [0, 0.1) is 0 Å². The van der Waals surface area contributed by atoms with Gasteiger partial charge in [0.15, 0.2) is 15.6 Å². The number of hydrogen-bond acceptors (Lipinski definition) is 4. The van der Waals surface area contributed by atoms with Crippen molar-refractivity contribution in [1.82, 2.24) is 0 Å². The maximum Gasteiger partial charge on any atom is 0.319 e. The van der Waals surface area contributed by atoms with Gasteiger partial charge in [0.1, 0.15) is 0 Å². The van der Waals surface area contributed by atoms with E-state index < -0.39 is 21.6 Å². The van der Waals surface area contributed by atoms with Crippen LogP contribution in [0.3, 0.4) is 0 Å². The highest BCUT2D eigenvalue weighted by atomic mass is 32.2. The van der Waals surface area contributed by atoms with Gasteiger partial charge in [-0.05, 0) is 47.5 Å². The second-order valence-corrected chi connectivity index (χ2v) is 8.44. The van der Waals surface area contributed by atoms with E-state index in [0.717, 1.165) is 16.8 Å². The monoisotopic (exact) mass is 409 g/mol. The maximum absolute atomic E-state index is 12.6. The zero-order valence-corrected chi connectivity index (χ0v) is 16.5. The molecule has 0 aliphatic carbocycles. The lowest BCUT2D eigenvalue weighted by Crippen LogP contribution is -2.25. The summed E-state index contributed by atoms with van der Waals surface area (Å²) in [6.45, 7) is 0. The number of carboxylic acids is 1. The van der Waals surface area contributed by atoms with E-state index in [1.165, 1.54) is 12.1 Å². The van der Waals surface area contributed by atoms with Gasteiger partial charge in [-0.25, -0.2) is 8.42 Å². The molecule has 7 heteroatoms. The van der Waals surface area contributed by atoms with Crippen molar-refractivity contribution in [1.29, 1.82) is 0 Å². The molecular formula is C22H19NO5S. The molecule has 1 N–H and O–H groups in total. The van der Waals surface area contributed by atoms with Crippen LogP contribution in [-0.2, 0) is 14.6 Å². The molecule has 0 saturated heterocycles. The van der Waals surface area contributed by atoms with Crippen LogP contribution in [0.15, 0.2) is 83.8 Å². The third-order valence-corrected chi connectivity index (χ3v) is 6.06. The first-order chi connectivity index (χ1) is 13.8. The molecule has 0 heterocycles. The summed E-state index contributed by atoms with van der Waals surface area (Å²) < 4.78 is 23.9. The number of rotatable bonds is 6. The molecule has 0 aliphatic rings. The molecule has 1 amide bonds. The lowest BCUT2D eigenvalue weighted by atomic mass is 10.0. The number of benzene rings is 3. The number of hydrogen-bond donors (Lipinski definition) is 1. The van der Waals surface area contributed by atoms with E-state index in [1.54, 1.807) is 48.3 Å². The molecule has 3 rings (SSSR count). The normalized spacial score (nSPS) is 11.1. The second-order valence-electron chi connectivity index (χ2n) is 6.45. The predicted molar refractivity (Wildman–Crippen MR) is 111 cm³/mol. The van der Waals surface area contributed by atoms with Gasteiger partial charge in [0.25, 0.3) is 5.91 Å². The van der Waals surface area contributed by atoms with Crippen molar-refractivity contribution >= 4 is 27.4 Å². The van der Waals surface area contributed by atoms with Gasteiger partial charge < -0.3 is 10.0 Å². The third kappa shape index (κ3) is 4.70. The SMILES string of the molecule is CN(C(=O)c1ccc(-c2ccc(S(=O)(=O)CC(=O)O)cc2)cc1)c1ccccc1. The Labute approximate surface area is 169 Å². The van der Waals surface area contributed by atoms with E-state index in [0.29, 0.717) is 5.56 Å². The van der Waals surface area contributed by atoms with Gasteiger partial charge in [0.05, 0.1) is 4.90 Å². The molecule has 0 aliphatic heterocycles.